The zero-order valence-corrected chi connectivity index (χ0v) is 18.2. The molecular weight excluding hydrogens is 437 g/mol. The summed E-state index contributed by atoms with van der Waals surface area (Å²) in [6.45, 7) is 3.53. The average Bonchev–Trinajstić information content (AvgIpc) is 3.39. The number of ether oxygens (including phenoxy) is 1. The third-order valence-electron chi connectivity index (χ3n) is 5.11. The number of rotatable bonds is 7. The predicted molar refractivity (Wildman–Crippen MR) is 119 cm³/mol. The van der Waals surface area contributed by atoms with Crippen molar-refractivity contribution in [2.75, 3.05) is 36.0 Å². The van der Waals surface area contributed by atoms with Crippen LogP contribution in [0.2, 0.25) is 0 Å². The molecule has 0 aliphatic carbocycles. The zero-order valence-electron chi connectivity index (χ0n) is 17.4. The molecule has 0 saturated carbocycles. The van der Waals surface area contributed by atoms with Gasteiger partial charge in [0.05, 0.1) is 42.4 Å². The number of aldehydes is 1. The molecule has 4 rings (SSSR count). The number of carbonyl (C=O) groups excluding carboxylic acids is 3. The smallest absolute Gasteiger partial charge is 0.414 e. The fourth-order valence-corrected chi connectivity index (χ4v) is 4.22. The Morgan fingerprint density at radius 3 is 2.88 bits per heavy atom. The van der Waals surface area contributed by atoms with E-state index in [0.29, 0.717) is 35.9 Å². The summed E-state index contributed by atoms with van der Waals surface area (Å²) in [5.41, 5.74) is 1.76. The Morgan fingerprint density at radius 2 is 2.22 bits per heavy atom. The van der Waals surface area contributed by atoms with Crippen molar-refractivity contribution in [2.45, 2.75) is 19.6 Å². The molecule has 2 aromatic rings. The third kappa shape index (κ3) is 4.88. The minimum Gasteiger partial charge on any atom is -0.442 e. The van der Waals surface area contributed by atoms with Gasteiger partial charge in [0.2, 0.25) is 5.91 Å². The maximum Gasteiger partial charge on any atom is 0.414 e. The number of nitrogens with zero attached hydrogens (tertiary/aromatic N) is 4. The number of hydrazone groups is 1. The Kier molecular flexibility index (Phi) is 6.35. The van der Waals surface area contributed by atoms with Crippen LogP contribution < -0.4 is 15.1 Å². The fourth-order valence-electron chi connectivity index (χ4n) is 3.52. The van der Waals surface area contributed by atoms with Gasteiger partial charge in [-0.2, -0.15) is 5.10 Å². The van der Waals surface area contributed by atoms with Gasteiger partial charge < -0.3 is 15.0 Å². The number of halogens is 1. The Labute approximate surface area is 188 Å². The normalized spacial score (nSPS) is 18.1. The molecule has 1 fully saturated rings. The molecule has 1 saturated heterocycles. The van der Waals surface area contributed by atoms with E-state index in [4.69, 9.17) is 4.74 Å². The Hall–Kier alpha value is -3.47. The summed E-state index contributed by atoms with van der Waals surface area (Å²) in [7, 11) is 0. The molecule has 11 heteroatoms. The molecule has 0 radical (unpaired) electrons. The molecule has 1 N–H and O–H groups in total. The second-order valence-corrected chi connectivity index (χ2v) is 8.42. The monoisotopic (exact) mass is 459 g/mol. The molecule has 0 unspecified atom stereocenters. The van der Waals surface area contributed by atoms with E-state index < -0.39 is 18.0 Å². The SMILES string of the molecule is CC(=O)NC[C@H]1CN(c2ccc(N3C=NN(Cc4csc(C=O)c4)CC3)c(F)c2)C(=O)O1. The largest absolute Gasteiger partial charge is 0.442 e. The van der Waals surface area contributed by atoms with Gasteiger partial charge in [-0.25, -0.2) is 9.18 Å². The summed E-state index contributed by atoms with van der Waals surface area (Å²) in [6, 6.07) is 6.40. The first-order chi connectivity index (χ1) is 15.4. The number of hydrogen-bond donors (Lipinski definition) is 1. The second-order valence-electron chi connectivity index (χ2n) is 7.48. The van der Waals surface area contributed by atoms with E-state index in [-0.39, 0.29) is 19.0 Å². The van der Waals surface area contributed by atoms with Crippen LogP contribution in [0.25, 0.3) is 0 Å². The van der Waals surface area contributed by atoms with Gasteiger partial charge in [0, 0.05) is 13.5 Å². The van der Waals surface area contributed by atoms with E-state index in [2.05, 4.69) is 10.4 Å². The predicted octanol–water partition coefficient (Wildman–Crippen LogP) is 2.43. The van der Waals surface area contributed by atoms with Crippen molar-refractivity contribution in [2.24, 2.45) is 5.10 Å². The number of anilines is 2. The highest BCUT2D eigenvalue weighted by atomic mass is 32.1. The van der Waals surface area contributed by atoms with Gasteiger partial charge in [0.15, 0.2) is 6.29 Å². The van der Waals surface area contributed by atoms with Crippen molar-refractivity contribution < 1.29 is 23.5 Å². The van der Waals surface area contributed by atoms with Crippen molar-refractivity contribution in [1.82, 2.24) is 10.3 Å². The van der Waals surface area contributed by atoms with Crippen molar-refractivity contribution in [3.05, 3.63) is 45.9 Å². The lowest BCUT2D eigenvalue weighted by atomic mass is 10.2. The topological polar surface area (TPSA) is 94.5 Å². The average molecular weight is 460 g/mol. The molecule has 0 bridgehead atoms. The van der Waals surface area contributed by atoms with Crippen LogP contribution in [-0.2, 0) is 16.1 Å². The first-order valence-corrected chi connectivity index (χ1v) is 10.9. The van der Waals surface area contributed by atoms with E-state index in [1.54, 1.807) is 23.4 Å². The Balaban J connectivity index is 1.39. The highest BCUT2D eigenvalue weighted by molar-refractivity contribution is 7.11. The Morgan fingerprint density at radius 1 is 1.38 bits per heavy atom. The maximum atomic E-state index is 14.9. The van der Waals surface area contributed by atoms with Crippen LogP contribution in [0.1, 0.15) is 22.2 Å². The first kappa shape index (κ1) is 21.8. The van der Waals surface area contributed by atoms with Gasteiger partial charge in [-0.15, -0.1) is 11.3 Å². The van der Waals surface area contributed by atoms with E-state index in [9.17, 15) is 18.8 Å². The van der Waals surface area contributed by atoms with Gasteiger partial charge in [-0.3, -0.25) is 19.5 Å². The molecule has 9 nitrogen and oxygen atoms in total. The summed E-state index contributed by atoms with van der Waals surface area (Å²) in [6.07, 6.45) is 1.34. The van der Waals surface area contributed by atoms with Crippen molar-refractivity contribution in [3.8, 4) is 0 Å². The molecule has 168 valence electrons. The highest BCUT2D eigenvalue weighted by Gasteiger charge is 2.33. The van der Waals surface area contributed by atoms with Gasteiger partial charge in [-0.05, 0) is 35.2 Å². The number of benzene rings is 1. The first-order valence-electron chi connectivity index (χ1n) is 10.0. The minimum atomic E-state index is -0.575. The van der Waals surface area contributed by atoms with E-state index in [1.165, 1.54) is 29.2 Å². The van der Waals surface area contributed by atoms with Crippen LogP contribution in [0.15, 0.2) is 34.7 Å². The van der Waals surface area contributed by atoms with E-state index in [1.807, 2.05) is 16.5 Å². The van der Waals surface area contributed by atoms with Crippen LogP contribution in [0.3, 0.4) is 0 Å². The number of thiophene rings is 1. The van der Waals surface area contributed by atoms with Gasteiger partial charge >= 0.3 is 6.09 Å². The molecule has 2 aliphatic heterocycles. The van der Waals surface area contributed by atoms with Gasteiger partial charge in [-0.1, -0.05) is 0 Å². The number of nitrogens with one attached hydrogen (secondary N) is 1. The van der Waals surface area contributed by atoms with Crippen LogP contribution in [0.5, 0.6) is 0 Å². The molecular formula is C21H22FN5O4S. The maximum absolute atomic E-state index is 14.9. The lowest BCUT2D eigenvalue weighted by Crippen LogP contribution is -2.38. The van der Waals surface area contributed by atoms with E-state index in [0.717, 1.165) is 11.8 Å². The third-order valence-corrected chi connectivity index (χ3v) is 6.02. The van der Waals surface area contributed by atoms with Gasteiger partial charge in [0.1, 0.15) is 18.3 Å². The molecule has 0 spiro atoms. The van der Waals surface area contributed by atoms with Gasteiger partial charge in [0.25, 0.3) is 0 Å². The fraction of sp³-hybridized carbons (Fsp3) is 0.333. The number of amides is 2. The molecule has 32 heavy (non-hydrogen) atoms. The lowest BCUT2D eigenvalue weighted by Gasteiger charge is -2.30. The quantitative estimate of drug-likeness (QED) is 0.639. The number of carbonyl (C=O) groups is 3. The summed E-state index contributed by atoms with van der Waals surface area (Å²) >= 11 is 1.39. The number of hydrogen-bond acceptors (Lipinski definition) is 8. The van der Waals surface area contributed by atoms with Crippen LogP contribution in [0.4, 0.5) is 20.6 Å². The summed E-state index contributed by atoms with van der Waals surface area (Å²) in [5, 5.41) is 10.8. The Bertz CT molecular complexity index is 1060. The van der Waals surface area contributed by atoms with E-state index >= 15 is 0 Å². The van der Waals surface area contributed by atoms with Crippen molar-refractivity contribution in [3.63, 3.8) is 0 Å². The molecule has 3 heterocycles. The molecule has 2 aliphatic rings. The summed E-state index contributed by atoms with van der Waals surface area (Å²) < 4.78 is 20.1. The van der Waals surface area contributed by atoms with Crippen LogP contribution in [0, 0.1) is 5.82 Å². The summed E-state index contributed by atoms with van der Waals surface area (Å²) in [4.78, 5) is 37.7. The van der Waals surface area contributed by atoms with Crippen LogP contribution in [-0.4, -0.2) is 61.9 Å². The minimum absolute atomic E-state index is 0.209. The molecule has 2 amide bonds. The highest BCUT2D eigenvalue weighted by Crippen LogP contribution is 2.28. The second kappa shape index (κ2) is 9.35. The van der Waals surface area contributed by atoms with Crippen molar-refractivity contribution >= 4 is 47.3 Å². The lowest BCUT2D eigenvalue weighted by molar-refractivity contribution is -0.119. The van der Waals surface area contributed by atoms with Crippen LogP contribution >= 0.6 is 11.3 Å². The zero-order chi connectivity index (χ0) is 22.7. The van der Waals surface area contributed by atoms with Crippen molar-refractivity contribution in [1.29, 1.82) is 0 Å². The standard InChI is InChI=1S/C21H22FN5O4S/c1-14(29)23-8-17-10-27(21(30)31-17)16-2-3-20(19(22)7-16)25-4-5-26(24-13-25)9-15-6-18(11-28)32-12-15/h2-3,6-7,11-13,17H,4-5,8-10H2,1H3,(H,23,29)/t17-/m0/s1. The molecule has 1 aromatic heterocycles. The summed E-state index contributed by atoms with van der Waals surface area (Å²) in [5.74, 6) is -0.688. The molecule has 1 atom stereocenters. The molecule has 1 aromatic carbocycles. The number of cyclic esters (lactones) is 1.